The Labute approximate surface area is 158 Å². The van der Waals surface area contributed by atoms with E-state index < -0.39 is 0 Å². The molecule has 0 spiro atoms. The van der Waals surface area contributed by atoms with Crippen LogP contribution in [0.25, 0.3) is 0 Å². The first-order valence-electron chi connectivity index (χ1n) is 9.69. The van der Waals surface area contributed by atoms with E-state index in [0.717, 1.165) is 31.4 Å². The van der Waals surface area contributed by atoms with Crippen molar-refractivity contribution in [3.8, 4) is 0 Å². The lowest BCUT2D eigenvalue weighted by molar-refractivity contribution is -0.129. The van der Waals surface area contributed by atoms with E-state index in [4.69, 9.17) is 0 Å². The van der Waals surface area contributed by atoms with E-state index in [9.17, 15) is 9.59 Å². The first kappa shape index (κ1) is 20.5. The average molecular weight is 359 g/mol. The lowest BCUT2D eigenvalue weighted by atomic mass is 9.80. The number of carbonyl (C=O) groups is 2. The average Bonchev–Trinajstić information content (AvgIpc) is 2.53. The van der Waals surface area contributed by atoms with Crippen LogP contribution in [0.1, 0.15) is 72.8 Å². The van der Waals surface area contributed by atoms with Crippen molar-refractivity contribution in [3.63, 3.8) is 0 Å². The molecular formula is C22H34N2O2. The third kappa shape index (κ3) is 5.86. The Kier molecular flexibility index (Phi) is 6.15. The summed E-state index contributed by atoms with van der Waals surface area (Å²) in [5.41, 5.74) is 2.00. The minimum Gasteiger partial charge on any atom is -0.351 e. The summed E-state index contributed by atoms with van der Waals surface area (Å²) in [5, 5.41) is 6.08. The van der Waals surface area contributed by atoms with Gasteiger partial charge in [0.25, 0.3) is 0 Å². The van der Waals surface area contributed by atoms with Crippen LogP contribution in [0.15, 0.2) is 24.3 Å². The zero-order chi connectivity index (χ0) is 19.5. The second-order valence-corrected chi connectivity index (χ2v) is 9.60. The Bertz CT molecular complexity index is 628. The molecule has 0 aliphatic heterocycles. The van der Waals surface area contributed by atoms with Gasteiger partial charge in [0.05, 0.1) is 0 Å². The molecule has 0 bridgehead atoms. The summed E-state index contributed by atoms with van der Waals surface area (Å²) in [6.07, 6.45) is 3.11. The second-order valence-electron chi connectivity index (χ2n) is 9.60. The summed E-state index contributed by atoms with van der Waals surface area (Å²) < 4.78 is 0. The summed E-state index contributed by atoms with van der Waals surface area (Å²) in [4.78, 5) is 24.8. The van der Waals surface area contributed by atoms with Gasteiger partial charge in [0.15, 0.2) is 0 Å². The van der Waals surface area contributed by atoms with Gasteiger partial charge in [0.2, 0.25) is 11.8 Å². The van der Waals surface area contributed by atoms with Gasteiger partial charge >= 0.3 is 0 Å². The molecule has 144 valence electrons. The van der Waals surface area contributed by atoms with Gasteiger partial charge in [-0.25, -0.2) is 0 Å². The fraction of sp³-hybridized carbons (Fsp3) is 0.636. The van der Waals surface area contributed by atoms with E-state index >= 15 is 0 Å². The third-order valence-electron chi connectivity index (χ3n) is 4.99. The number of rotatable bonds is 3. The molecule has 1 aliphatic rings. The highest BCUT2D eigenvalue weighted by Crippen LogP contribution is 2.30. The maximum Gasteiger partial charge on any atom is 0.227 e. The first-order chi connectivity index (χ1) is 12.0. The Balaban J connectivity index is 1.86. The number of hydrogen-bond acceptors (Lipinski definition) is 2. The van der Waals surface area contributed by atoms with Crippen LogP contribution in [0.3, 0.4) is 0 Å². The monoisotopic (exact) mass is 358 g/mol. The number of anilines is 1. The van der Waals surface area contributed by atoms with Crippen LogP contribution in [-0.4, -0.2) is 17.4 Å². The molecule has 0 heterocycles. The highest BCUT2D eigenvalue weighted by molar-refractivity contribution is 5.92. The smallest absolute Gasteiger partial charge is 0.227 e. The molecule has 4 nitrogen and oxygen atoms in total. The molecular weight excluding hydrogens is 324 g/mol. The molecule has 4 heteroatoms. The summed E-state index contributed by atoms with van der Waals surface area (Å²) >= 11 is 0. The van der Waals surface area contributed by atoms with Crippen molar-refractivity contribution in [2.75, 3.05) is 5.32 Å². The second kappa shape index (κ2) is 7.81. The zero-order valence-electron chi connectivity index (χ0n) is 17.1. The van der Waals surface area contributed by atoms with Crippen molar-refractivity contribution in [2.24, 2.45) is 11.8 Å². The van der Waals surface area contributed by atoms with Gasteiger partial charge in [0, 0.05) is 23.1 Å². The van der Waals surface area contributed by atoms with Crippen molar-refractivity contribution < 1.29 is 9.59 Å². The SMILES string of the molecule is CC(C)(C)NC(=O)C1CCC(C(=O)Nc2ccc(C(C)(C)C)cc2)CC1. The maximum atomic E-state index is 12.5. The molecule has 2 rings (SSSR count). The number of benzene rings is 1. The largest absolute Gasteiger partial charge is 0.351 e. The molecule has 2 N–H and O–H groups in total. The van der Waals surface area contributed by atoms with Crippen LogP contribution in [0.5, 0.6) is 0 Å². The van der Waals surface area contributed by atoms with Crippen molar-refractivity contribution in [2.45, 2.75) is 78.2 Å². The van der Waals surface area contributed by atoms with Crippen LogP contribution >= 0.6 is 0 Å². The van der Waals surface area contributed by atoms with Crippen LogP contribution in [0, 0.1) is 11.8 Å². The molecule has 0 saturated heterocycles. The minimum absolute atomic E-state index is 0.00372. The van der Waals surface area contributed by atoms with Gasteiger partial charge < -0.3 is 10.6 Å². The Morgan fingerprint density at radius 1 is 0.808 bits per heavy atom. The molecule has 1 aromatic carbocycles. The molecule has 2 amide bonds. The minimum atomic E-state index is -0.204. The van der Waals surface area contributed by atoms with Gasteiger partial charge in [-0.05, 0) is 69.6 Å². The Morgan fingerprint density at radius 3 is 1.69 bits per heavy atom. The molecule has 0 aromatic heterocycles. The van der Waals surface area contributed by atoms with Crippen LogP contribution in [0.2, 0.25) is 0 Å². The third-order valence-corrected chi connectivity index (χ3v) is 4.99. The fourth-order valence-electron chi connectivity index (χ4n) is 3.39. The summed E-state index contributed by atoms with van der Waals surface area (Å²) in [5.74, 6) is 0.220. The van der Waals surface area contributed by atoms with E-state index in [2.05, 4.69) is 43.5 Å². The quantitative estimate of drug-likeness (QED) is 0.827. The molecule has 0 radical (unpaired) electrons. The highest BCUT2D eigenvalue weighted by atomic mass is 16.2. The van der Waals surface area contributed by atoms with Crippen LogP contribution in [0.4, 0.5) is 5.69 Å². The predicted octanol–water partition coefficient (Wildman–Crippen LogP) is 4.64. The number of amides is 2. The van der Waals surface area contributed by atoms with Crippen molar-refractivity contribution in [1.82, 2.24) is 5.32 Å². The summed E-state index contributed by atoms with van der Waals surface area (Å²) in [6, 6.07) is 8.09. The lowest BCUT2D eigenvalue weighted by Crippen LogP contribution is -2.45. The van der Waals surface area contributed by atoms with Gasteiger partial charge in [-0.1, -0.05) is 32.9 Å². The van der Waals surface area contributed by atoms with Gasteiger partial charge in [-0.15, -0.1) is 0 Å². The van der Waals surface area contributed by atoms with Crippen LogP contribution < -0.4 is 10.6 Å². The fourth-order valence-corrected chi connectivity index (χ4v) is 3.39. The number of nitrogens with one attached hydrogen (secondary N) is 2. The molecule has 1 aromatic rings. The van der Waals surface area contributed by atoms with E-state index in [0.29, 0.717) is 0 Å². The predicted molar refractivity (Wildman–Crippen MR) is 107 cm³/mol. The van der Waals surface area contributed by atoms with Crippen molar-refractivity contribution >= 4 is 17.5 Å². The number of hydrogen-bond donors (Lipinski definition) is 2. The molecule has 0 atom stereocenters. The van der Waals surface area contributed by atoms with Crippen LogP contribution in [-0.2, 0) is 15.0 Å². The highest BCUT2D eigenvalue weighted by Gasteiger charge is 2.31. The summed E-state index contributed by atoms with van der Waals surface area (Å²) in [7, 11) is 0. The standard InChI is InChI=1S/C22H34N2O2/c1-21(2,3)17-11-13-18(14-12-17)23-19(25)15-7-9-16(10-8-15)20(26)24-22(4,5)6/h11-16H,7-10H2,1-6H3,(H,23,25)(H,24,26). The zero-order valence-corrected chi connectivity index (χ0v) is 17.1. The van der Waals surface area contributed by atoms with Crippen molar-refractivity contribution in [1.29, 1.82) is 0 Å². The molecule has 1 fully saturated rings. The normalized spacial score (nSPS) is 21.2. The Morgan fingerprint density at radius 2 is 1.27 bits per heavy atom. The molecule has 26 heavy (non-hydrogen) atoms. The molecule has 1 saturated carbocycles. The Hall–Kier alpha value is -1.84. The lowest BCUT2D eigenvalue weighted by Gasteiger charge is -2.30. The first-order valence-corrected chi connectivity index (χ1v) is 9.69. The van der Waals surface area contributed by atoms with Gasteiger partial charge in [-0.2, -0.15) is 0 Å². The van der Waals surface area contributed by atoms with E-state index in [-0.39, 0.29) is 34.6 Å². The van der Waals surface area contributed by atoms with Gasteiger partial charge in [-0.3, -0.25) is 9.59 Å². The van der Waals surface area contributed by atoms with E-state index in [1.54, 1.807) is 0 Å². The van der Waals surface area contributed by atoms with Gasteiger partial charge in [0.1, 0.15) is 0 Å². The topological polar surface area (TPSA) is 58.2 Å². The van der Waals surface area contributed by atoms with Crippen molar-refractivity contribution in [3.05, 3.63) is 29.8 Å². The summed E-state index contributed by atoms with van der Waals surface area (Å²) in [6.45, 7) is 12.5. The number of carbonyl (C=O) groups excluding carboxylic acids is 2. The van der Waals surface area contributed by atoms with E-state index in [1.807, 2.05) is 32.9 Å². The molecule has 0 unspecified atom stereocenters. The maximum absolute atomic E-state index is 12.5. The molecule has 1 aliphatic carbocycles. The van der Waals surface area contributed by atoms with E-state index in [1.165, 1.54) is 5.56 Å².